The maximum Gasteiger partial charge on any atom is 1.00 e. The molecule has 1 saturated heterocycles. The molecular weight excluding hydrogens is 511 g/mol. The molecule has 39 heavy (non-hydrogen) atoms. The number of carbonyl (C=O) groups is 1. The summed E-state index contributed by atoms with van der Waals surface area (Å²) in [5.74, 6) is 1.21. The summed E-state index contributed by atoms with van der Waals surface area (Å²) in [6.45, 7) is 7.96. The molecule has 2 heterocycles. The number of hydrogen-bond donors (Lipinski definition) is 1. The van der Waals surface area contributed by atoms with Crippen LogP contribution in [0.3, 0.4) is 0 Å². The third kappa shape index (κ3) is 7.92. The molecule has 212 valence electrons. The summed E-state index contributed by atoms with van der Waals surface area (Å²) in [7, 11) is 0.867. The van der Waals surface area contributed by atoms with E-state index >= 15 is 0 Å². The Labute approximate surface area is 248 Å². The number of likely N-dealkylation sites (N-methyl/N-ethyl adjacent to an activating group) is 1. The molecule has 1 N–H and O–H groups in total. The minimum Gasteiger partial charge on any atom is -0.493 e. The van der Waals surface area contributed by atoms with E-state index in [1.807, 2.05) is 35.2 Å². The van der Waals surface area contributed by atoms with E-state index in [0.29, 0.717) is 37.4 Å². The van der Waals surface area contributed by atoms with Gasteiger partial charge in [-0.25, -0.2) is 0 Å². The second kappa shape index (κ2) is 16.1. The molecule has 0 unspecified atom stereocenters. The number of rotatable bonds is 11. The number of anilines is 1. The second-order valence-electron chi connectivity index (χ2n) is 9.06. The van der Waals surface area contributed by atoms with Crippen molar-refractivity contribution < 1.29 is 41.5 Å². The second-order valence-corrected chi connectivity index (χ2v) is 9.82. The quantitative estimate of drug-likeness (QED) is 0.193. The zero-order valence-corrected chi connectivity index (χ0v) is 25.0. The van der Waals surface area contributed by atoms with Gasteiger partial charge in [0.2, 0.25) is 0 Å². The molecule has 2 aromatic carbocycles. The zero-order chi connectivity index (χ0) is 25.7. The van der Waals surface area contributed by atoms with Crippen molar-refractivity contribution >= 4 is 22.5 Å². The van der Waals surface area contributed by atoms with Crippen LogP contribution in [0.2, 0.25) is 0 Å². The molecule has 0 aromatic heterocycles. The van der Waals surface area contributed by atoms with E-state index in [9.17, 15) is 13.2 Å². The molecular formula is C28H41LiN4O5S-2. The van der Waals surface area contributed by atoms with Crippen LogP contribution in [0, 0.1) is 14.9 Å². The predicted octanol–water partition coefficient (Wildman–Crippen LogP) is 1.04. The van der Waals surface area contributed by atoms with Gasteiger partial charge >= 0.3 is 18.9 Å². The Balaban J connectivity index is 0.00000253. The van der Waals surface area contributed by atoms with Crippen LogP contribution in [0.4, 0.5) is 5.69 Å². The molecule has 0 aliphatic carbocycles. The van der Waals surface area contributed by atoms with Crippen LogP contribution in [-0.2, 0) is 25.9 Å². The summed E-state index contributed by atoms with van der Waals surface area (Å²) in [6.07, 6.45) is 1.18. The van der Waals surface area contributed by atoms with Gasteiger partial charge in [0.1, 0.15) is 0 Å². The molecule has 0 bridgehead atoms. The predicted molar refractivity (Wildman–Crippen MR) is 152 cm³/mol. The number of carbonyl (C=O) groups excluding carboxylic acids is 1. The average molecular weight is 553 g/mol. The minimum atomic E-state index is -2.31. The Morgan fingerprint density at radius 3 is 2.31 bits per heavy atom. The van der Waals surface area contributed by atoms with Gasteiger partial charge in [-0.05, 0) is 66.7 Å². The van der Waals surface area contributed by atoms with Crippen LogP contribution in [0.15, 0.2) is 36.4 Å². The van der Waals surface area contributed by atoms with E-state index < -0.39 is 10.9 Å². The van der Waals surface area contributed by atoms with Gasteiger partial charge in [-0.15, -0.1) is 0 Å². The number of nitrogens with one attached hydrogen (secondary N) is 1. The smallest absolute Gasteiger partial charge is 0.493 e. The number of methoxy groups -OCH3 is 2. The summed E-state index contributed by atoms with van der Waals surface area (Å²) in [5, 5.41) is 0. The van der Waals surface area contributed by atoms with Gasteiger partial charge in [-0.2, -0.15) is 0 Å². The third-order valence-electron chi connectivity index (χ3n) is 7.17. The van der Waals surface area contributed by atoms with Crippen LogP contribution in [0.25, 0.3) is 0 Å². The number of amides is 1. The van der Waals surface area contributed by atoms with Crippen molar-refractivity contribution in [2.75, 3.05) is 58.4 Å². The number of piperazine rings is 1. The molecule has 0 spiro atoms. The molecule has 0 saturated carbocycles. The van der Waals surface area contributed by atoms with Crippen molar-refractivity contribution in [2.24, 2.45) is 0 Å². The molecule has 2 aromatic rings. The Morgan fingerprint density at radius 1 is 1.00 bits per heavy atom. The average Bonchev–Trinajstić information content (AvgIpc) is 3.24. The van der Waals surface area contributed by atoms with E-state index in [0.717, 1.165) is 55.1 Å². The SMILES string of the molecule is CCN1CCN(c2cccc3c2CN([C@H](CCCN[S-](=O)=O)c2ccc(OC)c(OC)c2)C3=O)CC1.[CH3-].[CH3-].[Li+]. The molecule has 2 aliphatic rings. The molecule has 11 heteroatoms. The third-order valence-corrected chi connectivity index (χ3v) is 7.61. The minimum absolute atomic E-state index is 0. The zero-order valence-electron chi connectivity index (χ0n) is 24.2. The first-order valence-corrected chi connectivity index (χ1v) is 13.5. The maximum atomic E-state index is 13.7. The fraction of sp³-hybridized carbons (Fsp3) is 0.464. The summed E-state index contributed by atoms with van der Waals surface area (Å²) < 4.78 is 35.2. The fourth-order valence-corrected chi connectivity index (χ4v) is 5.52. The summed E-state index contributed by atoms with van der Waals surface area (Å²) in [5.41, 5.74) is 3.87. The fourth-order valence-electron chi connectivity index (χ4n) is 5.20. The van der Waals surface area contributed by atoms with Crippen molar-refractivity contribution in [1.29, 1.82) is 0 Å². The number of hydrogen-bond acceptors (Lipinski definition) is 8. The number of ether oxygens (including phenoxy) is 2. The number of nitrogens with zero attached hydrogens (tertiary/aromatic N) is 3. The van der Waals surface area contributed by atoms with E-state index in [1.54, 1.807) is 14.2 Å². The van der Waals surface area contributed by atoms with Gasteiger partial charge in [0.05, 0.1) is 20.3 Å². The Morgan fingerprint density at radius 2 is 1.69 bits per heavy atom. The molecule has 1 amide bonds. The molecule has 2 aliphatic heterocycles. The van der Waals surface area contributed by atoms with Crippen LogP contribution >= 0.6 is 0 Å². The first-order valence-electron chi connectivity index (χ1n) is 12.4. The van der Waals surface area contributed by atoms with E-state index in [-0.39, 0.29) is 45.7 Å². The summed E-state index contributed by atoms with van der Waals surface area (Å²) in [6, 6.07) is 11.5. The van der Waals surface area contributed by atoms with Gasteiger partial charge in [-0.3, -0.25) is 4.79 Å². The first kappa shape index (κ1) is 34.8. The van der Waals surface area contributed by atoms with Crippen LogP contribution in [0.5, 0.6) is 11.5 Å². The topological polar surface area (TPSA) is 91.4 Å². The molecule has 1 fully saturated rings. The Bertz CT molecular complexity index is 1150. The normalized spacial score (nSPS) is 15.6. The van der Waals surface area contributed by atoms with Crippen molar-refractivity contribution in [1.82, 2.24) is 14.5 Å². The maximum absolute atomic E-state index is 13.7. The van der Waals surface area contributed by atoms with Crippen molar-refractivity contribution in [3.05, 3.63) is 67.9 Å². The van der Waals surface area contributed by atoms with Crippen LogP contribution in [0.1, 0.15) is 47.3 Å². The summed E-state index contributed by atoms with van der Waals surface area (Å²) >= 11 is 0. The van der Waals surface area contributed by atoms with E-state index in [1.165, 1.54) is 0 Å². The van der Waals surface area contributed by atoms with Gasteiger partial charge in [-0.1, -0.05) is 19.1 Å². The van der Waals surface area contributed by atoms with Crippen LogP contribution < -0.4 is 38.0 Å². The molecule has 0 radical (unpaired) electrons. The first-order chi connectivity index (χ1) is 17.5. The standard InChI is InChI=1S/C26H35N4O5S.2CH3.Li/c1-4-28-13-15-29(16-14-28)23-8-5-7-20-21(23)18-30(26(20)31)22(9-6-12-27-36(32)33)19-10-11-24(34-2)25(17-19)35-3;;;/h5,7-8,10-11,17,22H,4,6,9,12-16,18H2,1-3H3,(H,27,32,33);2*1H3;/q3*-1;+1/t22-;;;/m1.../s1. The largest absolute Gasteiger partial charge is 1.00 e. The Kier molecular flexibility index (Phi) is 14.4. The van der Waals surface area contributed by atoms with E-state index in [4.69, 9.17) is 9.47 Å². The monoisotopic (exact) mass is 552 g/mol. The van der Waals surface area contributed by atoms with Crippen molar-refractivity contribution in [3.8, 4) is 11.5 Å². The van der Waals surface area contributed by atoms with Crippen molar-refractivity contribution in [3.63, 3.8) is 0 Å². The molecule has 1 atom stereocenters. The van der Waals surface area contributed by atoms with Gasteiger partial charge in [0.25, 0.3) is 5.91 Å². The van der Waals surface area contributed by atoms with Gasteiger partial charge in [0.15, 0.2) is 11.5 Å². The summed E-state index contributed by atoms with van der Waals surface area (Å²) in [4.78, 5) is 20.4. The Hall–Kier alpha value is -2.22. The van der Waals surface area contributed by atoms with Gasteiger partial charge < -0.3 is 52.2 Å². The van der Waals surface area contributed by atoms with Gasteiger partial charge in [0, 0.05) is 49.5 Å². The molecule has 4 rings (SSSR count). The number of fused-ring (bicyclic) bond motifs is 1. The van der Waals surface area contributed by atoms with E-state index in [2.05, 4.69) is 27.5 Å². The molecule has 9 nitrogen and oxygen atoms in total. The van der Waals surface area contributed by atoms with Crippen LogP contribution in [-0.4, -0.2) is 69.2 Å². The number of benzene rings is 2. The van der Waals surface area contributed by atoms with Crippen molar-refractivity contribution in [2.45, 2.75) is 32.4 Å².